The highest BCUT2D eigenvalue weighted by Gasteiger charge is 2.32. The molecule has 0 aliphatic heterocycles. The third-order valence-corrected chi connectivity index (χ3v) is 4.06. The van der Waals surface area contributed by atoms with Crippen LogP contribution in [0.2, 0.25) is 0 Å². The third kappa shape index (κ3) is 3.52. The van der Waals surface area contributed by atoms with Gasteiger partial charge in [0, 0.05) is 26.1 Å². The summed E-state index contributed by atoms with van der Waals surface area (Å²) in [6.45, 7) is 1.47. The zero-order valence-electron chi connectivity index (χ0n) is 12.6. The van der Waals surface area contributed by atoms with Crippen molar-refractivity contribution >= 4 is 11.6 Å². The van der Waals surface area contributed by atoms with Crippen LogP contribution < -0.4 is 4.74 Å². The van der Waals surface area contributed by atoms with Crippen LogP contribution in [0.25, 0.3) is 0 Å². The lowest BCUT2D eigenvalue weighted by atomic mass is 9.91. The van der Waals surface area contributed by atoms with Crippen molar-refractivity contribution in [1.82, 2.24) is 4.90 Å². The van der Waals surface area contributed by atoms with Gasteiger partial charge in [0.25, 0.3) is 0 Å². The molecule has 0 aromatic heterocycles. The van der Waals surface area contributed by atoms with Gasteiger partial charge in [-0.1, -0.05) is 6.42 Å². The summed E-state index contributed by atoms with van der Waals surface area (Å²) in [6.07, 6.45) is 2.95. The molecule has 0 heterocycles. The van der Waals surface area contributed by atoms with Crippen LogP contribution in [0.5, 0.6) is 5.75 Å². The Labute approximate surface area is 128 Å². The number of hydrogen-bond donors (Lipinski definition) is 0. The van der Waals surface area contributed by atoms with Gasteiger partial charge in [0.15, 0.2) is 5.75 Å². The number of hydrogen-bond acceptors (Lipinski definition) is 4. The van der Waals surface area contributed by atoms with Gasteiger partial charge in [0.2, 0.25) is 5.91 Å². The second-order valence-electron chi connectivity index (χ2n) is 5.51. The predicted octanol–water partition coefficient (Wildman–Crippen LogP) is 2.90. The lowest BCUT2D eigenvalue weighted by Gasteiger charge is -2.37. The Kier molecular flexibility index (Phi) is 4.95. The quantitative estimate of drug-likeness (QED) is 0.633. The minimum atomic E-state index is -0.596. The molecular weight excluding hydrogens is 291 g/mol. The maximum absolute atomic E-state index is 13.4. The Bertz CT molecular complexity index is 579. The molecule has 0 radical (unpaired) electrons. The SMILES string of the molecule is CC(=O)N(C)C1CCCCC1Oc1cc(F)ccc1[N+](=O)[O-]. The number of nitro groups is 1. The summed E-state index contributed by atoms with van der Waals surface area (Å²) in [5, 5.41) is 11.0. The standard InChI is InChI=1S/C15H19FN2O4/c1-10(19)17(2)12-5-3-4-6-14(12)22-15-9-11(16)7-8-13(15)18(20)21/h7-9,12,14H,3-6H2,1-2H3. The van der Waals surface area contributed by atoms with E-state index in [1.54, 1.807) is 11.9 Å². The highest BCUT2D eigenvalue weighted by molar-refractivity contribution is 5.73. The van der Waals surface area contributed by atoms with Crippen molar-refractivity contribution in [2.24, 2.45) is 0 Å². The van der Waals surface area contributed by atoms with Crippen molar-refractivity contribution in [2.75, 3.05) is 7.05 Å². The fourth-order valence-electron chi connectivity index (χ4n) is 2.79. The molecular formula is C15H19FN2O4. The second kappa shape index (κ2) is 6.72. The molecule has 2 rings (SSSR count). The number of amides is 1. The molecule has 6 nitrogen and oxygen atoms in total. The molecule has 22 heavy (non-hydrogen) atoms. The minimum Gasteiger partial charge on any atom is -0.481 e. The van der Waals surface area contributed by atoms with Crippen LogP contribution in [0.4, 0.5) is 10.1 Å². The van der Waals surface area contributed by atoms with Crippen molar-refractivity contribution in [3.05, 3.63) is 34.1 Å². The summed E-state index contributed by atoms with van der Waals surface area (Å²) >= 11 is 0. The minimum absolute atomic E-state index is 0.0844. The molecule has 0 spiro atoms. The van der Waals surface area contributed by atoms with E-state index in [1.807, 2.05) is 0 Å². The fraction of sp³-hybridized carbons (Fsp3) is 0.533. The van der Waals surface area contributed by atoms with E-state index in [0.29, 0.717) is 6.42 Å². The molecule has 1 aromatic carbocycles. The molecule has 120 valence electrons. The molecule has 0 saturated heterocycles. The van der Waals surface area contributed by atoms with Crippen LogP contribution >= 0.6 is 0 Å². The summed E-state index contributed by atoms with van der Waals surface area (Å²) in [5.41, 5.74) is -0.267. The predicted molar refractivity (Wildman–Crippen MR) is 78.2 cm³/mol. The number of nitrogens with zero attached hydrogens (tertiary/aromatic N) is 2. The van der Waals surface area contributed by atoms with Crippen molar-refractivity contribution in [3.63, 3.8) is 0 Å². The topological polar surface area (TPSA) is 72.7 Å². The molecule has 1 saturated carbocycles. The molecule has 7 heteroatoms. The van der Waals surface area contributed by atoms with E-state index in [-0.39, 0.29) is 29.5 Å². The van der Waals surface area contributed by atoms with Crippen LogP contribution in [0.3, 0.4) is 0 Å². The van der Waals surface area contributed by atoms with Gasteiger partial charge in [-0.2, -0.15) is 0 Å². The first-order chi connectivity index (χ1) is 10.4. The number of nitro benzene ring substituents is 1. The number of rotatable bonds is 4. The van der Waals surface area contributed by atoms with Crippen LogP contribution in [0.1, 0.15) is 32.6 Å². The van der Waals surface area contributed by atoms with Gasteiger partial charge in [0.05, 0.1) is 11.0 Å². The van der Waals surface area contributed by atoms with Gasteiger partial charge in [-0.25, -0.2) is 4.39 Å². The first-order valence-electron chi connectivity index (χ1n) is 7.24. The van der Waals surface area contributed by atoms with Crippen molar-refractivity contribution in [2.45, 2.75) is 44.8 Å². The van der Waals surface area contributed by atoms with E-state index < -0.39 is 10.7 Å². The summed E-state index contributed by atoms with van der Waals surface area (Å²) in [5.74, 6) is -0.763. The van der Waals surface area contributed by atoms with Gasteiger partial charge in [-0.15, -0.1) is 0 Å². The normalized spacial score (nSPS) is 21.2. The van der Waals surface area contributed by atoms with Crippen molar-refractivity contribution in [1.29, 1.82) is 0 Å². The van der Waals surface area contributed by atoms with Crippen LogP contribution in [0, 0.1) is 15.9 Å². The first-order valence-corrected chi connectivity index (χ1v) is 7.24. The molecule has 0 bridgehead atoms. The van der Waals surface area contributed by atoms with E-state index in [1.165, 1.54) is 6.92 Å². The zero-order chi connectivity index (χ0) is 16.3. The van der Waals surface area contributed by atoms with E-state index >= 15 is 0 Å². The zero-order valence-corrected chi connectivity index (χ0v) is 12.6. The number of benzene rings is 1. The van der Waals surface area contributed by atoms with Gasteiger partial charge in [-0.3, -0.25) is 14.9 Å². The van der Waals surface area contributed by atoms with E-state index in [0.717, 1.165) is 37.5 Å². The number of carbonyl (C=O) groups is 1. The molecule has 1 aliphatic carbocycles. The van der Waals surface area contributed by atoms with E-state index in [2.05, 4.69) is 0 Å². The Morgan fingerprint density at radius 2 is 2.09 bits per heavy atom. The molecule has 1 aromatic rings. The summed E-state index contributed by atoms with van der Waals surface area (Å²) in [6, 6.07) is 2.99. The van der Waals surface area contributed by atoms with Gasteiger partial charge < -0.3 is 9.64 Å². The van der Waals surface area contributed by atoms with Crippen molar-refractivity contribution < 1.29 is 18.8 Å². The Balaban J connectivity index is 2.25. The Morgan fingerprint density at radius 1 is 1.41 bits per heavy atom. The monoisotopic (exact) mass is 310 g/mol. The second-order valence-corrected chi connectivity index (χ2v) is 5.51. The average molecular weight is 310 g/mol. The van der Waals surface area contributed by atoms with Gasteiger partial charge >= 0.3 is 5.69 Å². The van der Waals surface area contributed by atoms with Crippen LogP contribution in [0.15, 0.2) is 18.2 Å². The molecule has 2 atom stereocenters. The van der Waals surface area contributed by atoms with Gasteiger partial charge in [0.1, 0.15) is 11.9 Å². The van der Waals surface area contributed by atoms with Crippen LogP contribution in [-0.2, 0) is 4.79 Å². The summed E-state index contributed by atoms with van der Waals surface area (Å²) in [4.78, 5) is 23.6. The van der Waals surface area contributed by atoms with E-state index in [9.17, 15) is 19.3 Å². The number of ether oxygens (including phenoxy) is 1. The summed E-state index contributed by atoms with van der Waals surface area (Å²) in [7, 11) is 1.69. The maximum atomic E-state index is 13.4. The fourth-order valence-corrected chi connectivity index (χ4v) is 2.79. The lowest BCUT2D eigenvalue weighted by Crippen LogP contribution is -2.48. The first kappa shape index (κ1) is 16.2. The molecule has 1 aliphatic rings. The highest BCUT2D eigenvalue weighted by Crippen LogP contribution is 2.32. The number of halogens is 1. The number of carbonyl (C=O) groups excluding carboxylic acids is 1. The Hall–Kier alpha value is -2.18. The van der Waals surface area contributed by atoms with Crippen molar-refractivity contribution in [3.8, 4) is 5.75 Å². The largest absolute Gasteiger partial charge is 0.481 e. The summed E-state index contributed by atoms with van der Waals surface area (Å²) < 4.78 is 19.1. The van der Waals surface area contributed by atoms with Gasteiger partial charge in [-0.05, 0) is 25.3 Å². The molecule has 1 amide bonds. The lowest BCUT2D eigenvalue weighted by molar-refractivity contribution is -0.386. The smallest absolute Gasteiger partial charge is 0.311 e. The Morgan fingerprint density at radius 3 is 2.73 bits per heavy atom. The molecule has 2 unspecified atom stereocenters. The molecule has 1 fully saturated rings. The number of likely N-dealkylation sites (N-methyl/N-ethyl adjacent to an activating group) is 1. The molecule has 0 N–H and O–H groups in total. The highest BCUT2D eigenvalue weighted by atomic mass is 19.1. The maximum Gasteiger partial charge on any atom is 0.311 e. The van der Waals surface area contributed by atoms with E-state index in [4.69, 9.17) is 4.74 Å². The third-order valence-electron chi connectivity index (χ3n) is 4.06. The van der Waals surface area contributed by atoms with Crippen LogP contribution in [-0.4, -0.2) is 34.9 Å². The average Bonchev–Trinajstić information content (AvgIpc) is 2.46.